The molecule has 3 heteroatoms. The Hall–Kier alpha value is -1.22. The van der Waals surface area contributed by atoms with Crippen LogP contribution in [0.3, 0.4) is 0 Å². The number of rotatable bonds is 3. The number of piperidine rings is 1. The molecule has 1 aromatic carbocycles. The third-order valence-electron chi connectivity index (χ3n) is 4.40. The van der Waals surface area contributed by atoms with E-state index in [0.29, 0.717) is 6.04 Å². The van der Waals surface area contributed by atoms with Crippen molar-refractivity contribution in [2.45, 2.75) is 45.2 Å². The second-order valence-corrected chi connectivity index (χ2v) is 5.96. The highest BCUT2D eigenvalue weighted by Gasteiger charge is 2.38. The van der Waals surface area contributed by atoms with Gasteiger partial charge in [0.1, 0.15) is 5.75 Å². The number of ether oxygens (including phenoxy) is 1. The molecule has 1 fully saturated rings. The molecule has 0 aliphatic carbocycles. The van der Waals surface area contributed by atoms with Crippen molar-refractivity contribution in [2.75, 3.05) is 25.6 Å². The van der Waals surface area contributed by atoms with Crippen LogP contribution in [0, 0.1) is 6.92 Å². The Kier molecular flexibility index (Phi) is 4.04. The van der Waals surface area contributed by atoms with Gasteiger partial charge in [-0.2, -0.15) is 0 Å². The van der Waals surface area contributed by atoms with Gasteiger partial charge < -0.3 is 15.0 Å². The zero-order chi connectivity index (χ0) is 14.0. The van der Waals surface area contributed by atoms with Crippen molar-refractivity contribution >= 4 is 5.69 Å². The molecule has 0 radical (unpaired) electrons. The van der Waals surface area contributed by atoms with Crippen molar-refractivity contribution < 1.29 is 4.74 Å². The van der Waals surface area contributed by atoms with Crippen LogP contribution >= 0.6 is 0 Å². The van der Waals surface area contributed by atoms with Crippen LogP contribution < -0.4 is 15.0 Å². The molecule has 1 atom stereocenters. The highest BCUT2D eigenvalue weighted by molar-refractivity contribution is 5.62. The summed E-state index contributed by atoms with van der Waals surface area (Å²) in [7, 11) is 3.81. The lowest BCUT2D eigenvalue weighted by Gasteiger charge is -2.49. The van der Waals surface area contributed by atoms with Crippen molar-refractivity contribution in [3.63, 3.8) is 0 Å². The number of nitrogens with zero attached hydrogens (tertiary/aromatic N) is 1. The fraction of sp³-hybridized carbons (Fsp3) is 0.625. The lowest BCUT2D eigenvalue weighted by Crippen LogP contribution is -2.60. The standard InChI is InChI=1S/C16H26N2O/c1-12-8-9-14(19-5)13(11-12)18-10-6-7-15(17-4)16(18,2)3/h8-9,11,15,17H,6-7,10H2,1-5H3. The molecule has 1 aliphatic heterocycles. The fourth-order valence-electron chi connectivity index (χ4n) is 3.22. The largest absolute Gasteiger partial charge is 0.495 e. The zero-order valence-corrected chi connectivity index (χ0v) is 12.8. The van der Waals surface area contributed by atoms with Crippen LogP contribution in [0.4, 0.5) is 5.69 Å². The smallest absolute Gasteiger partial charge is 0.142 e. The maximum atomic E-state index is 5.55. The number of nitrogens with one attached hydrogen (secondary N) is 1. The molecule has 2 rings (SSSR count). The molecule has 0 amide bonds. The summed E-state index contributed by atoms with van der Waals surface area (Å²) < 4.78 is 5.55. The Morgan fingerprint density at radius 2 is 2.11 bits per heavy atom. The minimum absolute atomic E-state index is 0.0913. The van der Waals surface area contributed by atoms with E-state index in [1.54, 1.807) is 7.11 Å². The Morgan fingerprint density at radius 3 is 2.74 bits per heavy atom. The van der Waals surface area contributed by atoms with Crippen LogP contribution in [0.15, 0.2) is 18.2 Å². The van der Waals surface area contributed by atoms with Gasteiger partial charge in [0.05, 0.1) is 12.8 Å². The van der Waals surface area contributed by atoms with Crippen molar-refractivity contribution in [1.82, 2.24) is 5.32 Å². The summed E-state index contributed by atoms with van der Waals surface area (Å²) in [4.78, 5) is 2.49. The number of likely N-dealkylation sites (N-methyl/N-ethyl adjacent to an activating group) is 1. The summed E-state index contributed by atoms with van der Waals surface area (Å²) in [6, 6.07) is 6.92. The van der Waals surface area contributed by atoms with Gasteiger partial charge in [-0.3, -0.25) is 0 Å². The molecule has 3 nitrogen and oxygen atoms in total. The summed E-state index contributed by atoms with van der Waals surface area (Å²) in [5.41, 5.74) is 2.58. The van der Waals surface area contributed by atoms with Gasteiger partial charge in [-0.05, 0) is 58.4 Å². The average molecular weight is 262 g/mol. The molecule has 0 bridgehead atoms. The molecule has 19 heavy (non-hydrogen) atoms. The lowest BCUT2D eigenvalue weighted by atomic mass is 9.84. The van der Waals surface area contributed by atoms with Gasteiger partial charge in [-0.25, -0.2) is 0 Å². The molecule has 1 aliphatic rings. The van der Waals surface area contributed by atoms with E-state index in [1.165, 1.54) is 24.1 Å². The first kappa shape index (κ1) is 14.2. The first-order chi connectivity index (χ1) is 9.00. The Morgan fingerprint density at radius 1 is 1.37 bits per heavy atom. The molecular weight excluding hydrogens is 236 g/mol. The van der Waals surface area contributed by atoms with Gasteiger partial charge in [-0.15, -0.1) is 0 Å². The Balaban J connectivity index is 2.42. The molecule has 1 saturated heterocycles. The Bertz CT molecular complexity index is 442. The second-order valence-electron chi connectivity index (χ2n) is 5.96. The lowest BCUT2D eigenvalue weighted by molar-refractivity contribution is 0.273. The molecule has 0 saturated carbocycles. The third-order valence-corrected chi connectivity index (χ3v) is 4.40. The monoisotopic (exact) mass is 262 g/mol. The van der Waals surface area contributed by atoms with E-state index in [1.807, 2.05) is 0 Å². The van der Waals surface area contributed by atoms with Crippen molar-refractivity contribution in [2.24, 2.45) is 0 Å². The molecule has 106 valence electrons. The van der Waals surface area contributed by atoms with Crippen LogP contribution in [0.25, 0.3) is 0 Å². The van der Waals surface area contributed by atoms with Crippen molar-refractivity contribution in [1.29, 1.82) is 0 Å². The minimum Gasteiger partial charge on any atom is -0.495 e. The first-order valence-corrected chi connectivity index (χ1v) is 7.10. The van der Waals surface area contributed by atoms with Crippen LogP contribution in [-0.2, 0) is 0 Å². The minimum atomic E-state index is 0.0913. The number of benzene rings is 1. The van der Waals surface area contributed by atoms with E-state index in [2.05, 4.69) is 56.2 Å². The van der Waals surface area contributed by atoms with Crippen LogP contribution in [-0.4, -0.2) is 32.3 Å². The normalized spacial score (nSPS) is 22.4. The summed E-state index contributed by atoms with van der Waals surface area (Å²) in [6.07, 6.45) is 2.44. The maximum absolute atomic E-state index is 5.55. The van der Waals surface area contributed by atoms with E-state index in [-0.39, 0.29) is 5.54 Å². The average Bonchev–Trinajstić information content (AvgIpc) is 2.38. The molecule has 1 heterocycles. The number of aryl methyl sites for hydroxylation is 1. The highest BCUT2D eigenvalue weighted by atomic mass is 16.5. The van der Waals surface area contributed by atoms with Crippen LogP contribution in [0.1, 0.15) is 32.3 Å². The predicted molar refractivity (Wildman–Crippen MR) is 81.2 cm³/mol. The van der Waals surface area contributed by atoms with Crippen molar-refractivity contribution in [3.8, 4) is 5.75 Å². The van der Waals surface area contributed by atoms with Gasteiger partial charge in [0.25, 0.3) is 0 Å². The number of hydrogen-bond donors (Lipinski definition) is 1. The van der Waals surface area contributed by atoms with Crippen LogP contribution in [0.5, 0.6) is 5.75 Å². The summed E-state index contributed by atoms with van der Waals surface area (Å²) in [5, 5.41) is 3.46. The molecule has 1 unspecified atom stereocenters. The number of anilines is 1. The maximum Gasteiger partial charge on any atom is 0.142 e. The van der Waals surface area contributed by atoms with E-state index < -0.39 is 0 Å². The van der Waals surface area contributed by atoms with Crippen molar-refractivity contribution in [3.05, 3.63) is 23.8 Å². The zero-order valence-electron chi connectivity index (χ0n) is 12.8. The molecular formula is C16H26N2O. The third kappa shape index (κ3) is 2.57. The first-order valence-electron chi connectivity index (χ1n) is 7.10. The fourth-order valence-corrected chi connectivity index (χ4v) is 3.22. The van der Waals surface area contributed by atoms with E-state index in [4.69, 9.17) is 4.74 Å². The van der Waals surface area contributed by atoms with Gasteiger partial charge in [0, 0.05) is 18.1 Å². The Labute approximate surface area is 116 Å². The van der Waals surface area contributed by atoms with Gasteiger partial charge in [-0.1, -0.05) is 6.07 Å². The van der Waals surface area contributed by atoms with E-state index in [9.17, 15) is 0 Å². The van der Waals surface area contributed by atoms with E-state index in [0.717, 1.165) is 12.3 Å². The second kappa shape index (κ2) is 5.41. The molecule has 1 aromatic rings. The van der Waals surface area contributed by atoms with Gasteiger partial charge in [0.15, 0.2) is 0 Å². The molecule has 0 spiro atoms. The summed E-state index contributed by atoms with van der Waals surface area (Å²) >= 11 is 0. The van der Waals surface area contributed by atoms with E-state index >= 15 is 0 Å². The predicted octanol–water partition coefficient (Wildman–Crippen LogP) is 2.97. The molecule has 0 aromatic heterocycles. The number of methoxy groups -OCH3 is 1. The quantitative estimate of drug-likeness (QED) is 0.906. The molecule has 1 N–H and O–H groups in total. The SMILES string of the molecule is CNC1CCCN(c2cc(C)ccc2OC)C1(C)C. The van der Waals surface area contributed by atoms with Gasteiger partial charge >= 0.3 is 0 Å². The summed E-state index contributed by atoms with van der Waals surface area (Å²) in [6.45, 7) is 7.85. The topological polar surface area (TPSA) is 24.5 Å². The van der Waals surface area contributed by atoms with Gasteiger partial charge in [0.2, 0.25) is 0 Å². The highest BCUT2D eigenvalue weighted by Crippen LogP contribution is 2.38. The van der Waals surface area contributed by atoms with Crippen LogP contribution in [0.2, 0.25) is 0 Å². The summed E-state index contributed by atoms with van der Waals surface area (Å²) in [5.74, 6) is 0.968. The number of hydrogen-bond acceptors (Lipinski definition) is 3.